The van der Waals surface area contributed by atoms with E-state index < -0.39 is 0 Å². The lowest BCUT2D eigenvalue weighted by Crippen LogP contribution is -1.95. The lowest BCUT2D eigenvalue weighted by atomic mass is 10.4. The molecule has 0 aliphatic carbocycles. The second-order valence-electron chi connectivity index (χ2n) is 2.80. The van der Waals surface area contributed by atoms with Crippen LogP contribution in [0.15, 0.2) is 40.1 Å². The number of hydrogen-bond donors (Lipinski definition) is 1. The molecule has 0 amide bonds. The number of rotatable bonds is 3. The van der Waals surface area contributed by atoms with Crippen LogP contribution in [-0.4, -0.2) is 4.98 Å². The maximum absolute atomic E-state index is 5.68. The van der Waals surface area contributed by atoms with Crippen LogP contribution in [0.3, 0.4) is 0 Å². The van der Waals surface area contributed by atoms with Crippen LogP contribution >= 0.6 is 34.7 Å². The van der Waals surface area contributed by atoms with Crippen molar-refractivity contribution in [1.82, 2.24) is 4.98 Å². The van der Waals surface area contributed by atoms with E-state index in [1.807, 2.05) is 34.4 Å². The van der Waals surface area contributed by atoms with Gasteiger partial charge in [0.1, 0.15) is 0 Å². The van der Waals surface area contributed by atoms with Crippen molar-refractivity contribution in [2.24, 2.45) is 0 Å². The van der Waals surface area contributed by atoms with Gasteiger partial charge in [0.25, 0.3) is 0 Å². The fourth-order valence-corrected chi connectivity index (χ4v) is 2.53. The minimum Gasteiger partial charge on any atom is -0.331 e. The standard InChI is InChI=1S/C10H9ClN2S2/c11-5-9-7-15-10(13-9)12-8-3-1-2-4-14-6-8/h1-4,6-7H,5H2,(H,12,13). The molecule has 78 valence electrons. The minimum atomic E-state index is 0.462. The van der Waals surface area contributed by atoms with E-state index in [1.54, 1.807) is 23.1 Å². The highest BCUT2D eigenvalue weighted by Crippen LogP contribution is 2.21. The Kier molecular flexibility index (Phi) is 3.88. The monoisotopic (exact) mass is 256 g/mol. The van der Waals surface area contributed by atoms with Crippen LogP contribution in [0.2, 0.25) is 0 Å². The van der Waals surface area contributed by atoms with Gasteiger partial charge >= 0.3 is 0 Å². The van der Waals surface area contributed by atoms with Crippen LogP contribution in [0.25, 0.3) is 0 Å². The van der Waals surface area contributed by atoms with Gasteiger partial charge in [-0.3, -0.25) is 0 Å². The highest BCUT2D eigenvalue weighted by Gasteiger charge is 2.01. The molecule has 0 aromatic carbocycles. The van der Waals surface area contributed by atoms with E-state index in [1.165, 1.54) is 0 Å². The largest absolute Gasteiger partial charge is 0.331 e. The summed E-state index contributed by atoms with van der Waals surface area (Å²) in [5.41, 5.74) is 1.95. The number of nitrogens with zero attached hydrogens (tertiary/aromatic N) is 1. The van der Waals surface area contributed by atoms with Gasteiger partial charge in [-0.25, -0.2) is 4.98 Å². The number of thioether (sulfide) groups is 1. The Hall–Kier alpha value is -0.710. The zero-order chi connectivity index (χ0) is 10.5. The molecule has 0 radical (unpaired) electrons. The first kappa shape index (κ1) is 10.8. The highest BCUT2D eigenvalue weighted by molar-refractivity contribution is 8.04. The predicted molar refractivity (Wildman–Crippen MR) is 69.2 cm³/mol. The van der Waals surface area contributed by atoms with Crippen LogP contribution in [0, 0.1) is 0 Å². The smallest absolute Gasteiger partial charge is 0.187 e. The number of allylic oxidation sites excluding steroid dienone is 3. The summed E-state index contributed by atoms with van der Waals surface area (Å²) in [6.07, 6.45) is 6.01. The third-order valence-electron chi connectivity index (χ3n) is 1.68. The van der Waals surface area contributed by atoms with Gasteiger partial charge in [0.2, 0.25) is 0 Å². The Balaban J connectivity index is 2.05. The van der Waals surface area contributed by atoms with Crippen LogP contribution in [0.5, 0.6) is 0 Å². The van der Waals surface area contributed by atoms with Crippen molar-refractivity contribution in [2.75, 3.05) is 5.32 Å². The maximum Gasteiger partial charge on any atom is 0.187 e. The van der Waals surface area contributed by atoms with Gasteiger partial charge in [-0.05, 0) is 16.9 Å². The van der Waals surface area contributed by atoms with E-state index in [0.29, 0.717) is 5.88 Å². The normalized spacial score (nSPS) is 14.9. The topological polar surface area (TPSA) is 24.9 Å². The molecular formula is C10H9ClN2S2. The molecule has 0 fully saturated rings. The average Bonchev–Trinajstić information content (AvgIpc) is 2.54. The third-order valence-corrected chi connectivity index (χ3v) is 3.46. The molecule has 0 spiro atoms. The zero-order valence-electron chi connectivity index (χ0n) is 7.81. The van der Waals surface area contributed by atoms with E-state index in [2.05, 4.69) is 10.3 Å². The molecule has 0 bridgehead atoms. The first-order valence-corrected chi connectivity index (χ1v) is 6.70. The third kappa shape index (κ3) is 3.12. The molecule has 1 aromatic rings. The number of hydrogen-bond acceptors (Lipinski definition) is 4. The van der Waals surface area contributed by atoms with E-state index in [0.717, 1.165) is 16.5 Å². The molecule has 5 heteroatoms. The van der Waals surface area contributed by atoms with Gasteiger partial charge < -0.3 is 5.32 Å². The summed E-state index contributed by atoms with van der Waals surface area (Å²) >= 11 is 8.89. The maximum atomic E-state index is 5.68. The quantitative estimate of drug-likeness (QED) is 0.829. The van der Waals surface area contributed by atoms with Crippen molar-refractivity contribution in [2.45, 2.75) is 5.88 Å². The molecule has 0 saturated heterocycles. The second kappa shape index (κ2) is 5.39. The molecule has 1 aromatic heterocycles. The van der Waals surface area contributed by atoms with E-state index in [-0.39, 0.29) is 0 Å². The van der Waals surface area contributed by atoms with Gasteiger partial charge in [0, 0.05) is 11.1 Å². The molecule has 1 N–H and O–H groups in total. The van der Waals surface area contributed by atoms with Gasteiger partial charge in [0.15, 0.2) is 5.13 Å². The summed E-state index contributed by atoms with van der Waals surface area (Å²) in [5, 5.41) is 10.1. The van der Waals surface area contributed by atoms with Crippen molar-refractivity contribution in [1.29, 1.82) is 0 Å². The van der Waals surface area contributed by atoms with Crippen molar-refractivity contribution in [3.8, 4) is 0 Å². The molecule has 2 heterocycles. The predicted octanol–water partition coefficient (Wildman–Crippen LogP) is 3.95. The Morgan fingerprint density at radius 1 is 1.40 bits per heavy atom. The molecule has 0 unspecified atom stereocenters. The zero-order valence-corrected chi connectivity index (χ0v) is 10.2. The molecule has 2 nitrogen and oxygen atoms in total. The Morgan fingerprint density at radius 3 is 3.13 bits per heavy atom. The molecule has 1 aliphatic heterocycles. The van der Waals surface area contributed by atoms with E-state index >= 15 is 0 Å². The number of nitrogens with one attached hydrogen (secondary N) is 1. The number of anilines is 1. The van der Waals surface area contributed by atoms with Gasteiger partial charge in [-0.2, -0.15) is 0 Å². The molecule has 0 saturated carbocycles. The molecule has 2 rings (SSSR count). The summed E-state index contributed by atoms with van der Waals surface area (Å²) in [4.78, 5) is 4.32. The van der Waals surface area contributed by atoms with Gasteiger partial charge in [-0.15, -0.1) is 34.7 Å². The van der Waals surface area contributed by atoms with Crippen LogP contribution in [0.4, 0.5) is 5.13 Å². The average molecular weight is 257 g/mol. The Bertz CT molecular complexity index is 421. The lowest BCUT2D eigenvalue weighted by molar-refractivity contribution is 1.22. The number of aromatic nitrogens is 1. The molecule has 0 atom stereocenters. The number of thiazole rings is 1. The number of alkyl halides is 1. The summed E-state index contributed by atoms with van der Waals surface area (Å²) < 4.78 is 0. The fraction of sp³-hybridized carbons (Fsp3) is 0.100. The first-order valence-electron chi connectivity index (χ1n) is 4.35. The summed E-state index contributed by atoms with van der Waals surface area (Å²) in [6, 6.07) is 0. The first-order chi connectivity index (χ1) is 7.38. The molecule has 15 heavy (non-hydrogen) atoms. The van der Waals surface area contributed by atoms with Gasteiger partial charge in [-0.1, -0.05) is 12.2 Å². The Morgan fingerprint density at radius 2 is 2.33 bits per heavy atom. The number of halogens is 1. The minimum absolute atomic E-state index is 0.462. The SMILES string of the molecule is ClCc1csc(NC2=CSC=CC=C2)n1. The van der Waals surface area contributed by atoms with Crippen molar-refractivity contribution < 1.29 is 0 Å². The van der Waals surface area contributed by atoms with Crippen molar-refractivity contribution in [3.05, 3.63) is 45.8 Å². The fourth-order valence-electron chi connectivity index (χ4n) is 1.02. The Labute approximate surface area is 102 Å². The van der Waals surface area contributed by atoms with Crippen molar-refractivity contribution >= 4 is 39.8 Å². The summed E-state index contributed by atoms with van der Waals surface area (Å²) in [5.74, 6) is 0.462. The van der Waals surface area contributed by atoms with E-state index in [4.69, 9.17) is 11.6 Å². The summed E-state index contributed by atoms with van der Waals surface area (Å²) in [7, 11) is 0. The second-order valence-corrected chi connectivity index (χ2v) is 4.70. The lowest BCUT2D eigenvalue weighted by Gasteiger charge is -2.01. The molecule has 1 aliphatic rings. The molecular weight excluding hydrogens is 248 g/mol. The van der Waals surface area contributed by atoms with Crippen LogP contribution in [0.1, 0.15) is 5.69 Å². The van der Waals surface area contributed by atoms with Crippen LogP contribution in [-0.2, 0) is 5.88 Å². The van der Waals surface area contributed by atoms with Crippen molar-refractivity contribution in [3.63, 3.8) is 0 Å². The van der Waals surface area contributed by atoms with Gasteiger partial charge in [0.05, 0.1) is 11.6 Å². The van der Waals surface area contributed by atoms with E-state index in [9.17, 15) is 0 Å². The highest BCUT2D eigenvalue weighted by atomic mass is 35.5. The summed E-state index contributed by atoms with van der Waals surface area (Å²) in [6.45, 7) is 0. The van der Waals surface area contributed by atoms with Crippen LogP contribution < -0.4 is 5.32 Å².